The molecule has 1 aromatic rings. The fraction of sp³-hybridized carbons (Fsp3) is 0.467. The summed E-state index contributed by atoms with van der Waals surface area (Å²) in [5.41, 5.74) is 0.974. The molecule has 2 amide bonds. The van der Waals surface area contributed by atoms with E-state index in [-0.39, 0.29) is 24.4 Å². The largest absolute Gasteiger partial charge is 0.353 e. The second-order valence-electron chi connectivity index (χ2n) is 5.37. The predicted molar refractivity (Wildman–Crippen MR) is 89.9 cm³/mol. The number of carbonyl (C=O) groups is 2. The van der Waals surface area contributed by atoms with Crippen LogP contribution in [0.2, 0.25) is 5.02 Å². The lowest BCUT2D eigenvalue weighted by Gasteiger charge is -2.26. The lowest BCUT2D eigenvalue weighted by molar-refractivity contribution is -0.132. The Morgan fingerprint density at radius 1 is 1.45 bits per heavy atom. The minimum Gasteiger partial charge on any atom is -0.353 e. The fourth-order valence-electron chi connectivity index (χ4n) is 2.30. The number of nitrogens with zero attached hydrogens (tertiary/aromatic N) is 2. The van der Waals surface area contributed by atoms with E-state index in [1.807, 2.05) is 43.3 Å². The Bertz CT molecular complexity index is 553. The first-order chi connectivity index (χ1) is 10.5. The van der Waals surface area contributed by atoms with E-state index in [0.29, 0.717) is 23.2 Å². The number of likely N-dealkylation sites (N-methyl/N-ethyl adjacent to an activating group) is 1. The molecule has 0 aliphatic carbocycles. The van der Waals surface area contributed by atoms with E-state index in [4.69, 9.17) is 11.6 Å². The standard InChI is InChI=1S/C15H20ClN3O2S/c1-18(2)13(11-5-3-4-6-12(11)16)7-17-14(20)8-19-10-22-9-15(19)21/h3-6,13H,7-10H2,1-2H3,(H,17,20)/t13-/m1/s1. The van der Waals surface area contributed by atoms with Crippen LogP contribution in [0, 0.1) is 0 Å². The molecule has 0 spiro atoms. The number of rotatable bonds is 6. The average molecular weight is 342 g/mol. The van der Waals surface area contributed by atoms with Crippen LogP contribution in [0.3, 0.4) is 0 Å². The van der Waals surface area contributed by atoms with Crippen molar-refractivity contribution < 1.29 is 9.59 Å². The van der Waals surface area contributed by atoms with Gasteiger partial charge in [0.2, 0.25) is 11.8 Å². The number of carbonyl (C=O) groups excluding carboxylic acids is 2. The number of benzene rings is 1. The molecule has 1 aliphatic rings. The van der Waals surface area contributed by atoms with Gasteiger partial charge in [-0.1, -0.05) is 29.8 Å². The SMILES string of the molecule is CN(C)[C@H](CNC(=O)CN1CSCC1=O)c1ccccc1Cl. The van der Waals surface area contributed by atoms with Crippen molar-refractivity contribution in [3.8, 4) is 0 Å². The van der Waals surface area contributed by atoms with Crippen molar-refractivity contribution in [3.63, 3.8) is 0 Å². The number of hydrogen-bond acceptors (Lipinski definition) is 4. The lowest BCUT2D eigenvalue weighted by atomic mass is 10.1. The van der Waals surface area contributed by atoms with Crippen molar-refractivity contribution in [1.29, 1.82) is 0 Å². The normalized spacial score (nSPS) is 16.2. The highest BCUT2D eigenvalue weighted by atomic mass is 35.5. The molecule has 0 radical (unpaired) electrons. The fourth-order valence-corrected chi connectivity index (χ4v) is 3.46. The van der Waals surface area contributed by atoms with Crippen LogP contribution in [0.4, 0.5) is 0 Å². The molecule has 0 unspecified atom stereocenters. The van der Waals surface area contributed by atoms with Crippen LogP contribution in [0.15, 0.2) is 24.3 Å². The van der Waals surface area contributed by atoms with Gasteiger partial charge >= 0.3 is 0 Å². The van der Waals surface area contributed by atoms with Crippen molar-refractivity contribution in [1.82, 2.24) is 15.1 Å². The molecular formula is C15H20ClN3O2S. The maximum Gasteiger partial charge on any atom is 0.239 e. The van der Waals surface area contributed by atoms with E-state index in [1.54, 1.807) is 4.90 Å². The number of hydrogen-bond donors (Lipinski definition) is 1. The maximum absolute atomic E-state index is 12.0. The molecule has 0 saturated carbocycles. The zero-order valence-electron chi connectivity index (χ0n) is 12.7. The minimum absolute atomic E-state index is 0.0127. The first-order valence-corrected chi connectivity index (χ1v) is 8.55. The summed E-state index contributed by atoms with van der Waals surface area (Å²) in [5, 5.41) is 3.58. The summed E-state index contributed by atoms with van der Waals surface area (Å²) in [5.74, 6) is 0.936. The molecule has 1 N–H and O–H groups in total. The van der Waals surface area contributed by atoms with E-state index in [9.17, 15) is 9.59 Å². The van der Waals surface area contributed by atoms with Crippen LogP contribution in [0.5, 0.6) is 0 Å². The quantitative estimate of drug-likeness (QED) is 0.853. The number of amides is 2. The molecule has 2 rings (SSSR count). The first-order valence-electron chi connectivity index (χ1n) is 7.02. The van der Waals surface area contributed by atoms with Crippen molar-refractivity contribution in [2.75, 3.05) is 38.8 Å². The minimum atomic E-state index is -0.144. The molecule has 1 aromatic carbocycles. The van der Waals surface area contributed by atoms with Crippen LogP contribution in [-0.4, -0.2) is 60.4 Å². The van der Waals surface area contributed by atoms with Crippen LogP contribution >= 0.6 is 23.4 Å². The van der Waals surface area contributed by atoms with Gasteiger partial charge in [-0.25, -0.2) is 0 Å². The number of halogens is 1. The van der Waals surface area contributed by atoms with Gasteiger partial charge in [-0.15, -0.1) is 11.8 Å². The summed E-state index contributed by atoms with van der Waals surface area (Å²) in [6, 6.07) is 7.60. The van der Waals surface area contributed by atoms with Gasteiger partial charge in [0.05, 0.1) is 17.7 Å². The zero-order valence-corrected chi connectivity index (χ0v) is 14.3. The Hall–Kier alpha value is -1.24. The smallest absolute Gasteiger partial charge is 0.239 e. The van der Waals surface area contributed by atoms with Crippen LogP contribution in [0.1, 0.15) is 11.6 Å². The van der Waals surface area contributed by atoms with Gasteiger partial charge in [-0.05, 0) is 25.7 Å². The Balaban J connectivity index is 1.93. The summed E-state index contributed by atoms with van der Waals surface area (Å²) in [7, 11) is 3.89. The van der Waals surface area contributed by atoms with Gasteiger partial charge in [-0.3, -0.25) is 9.59 Å². The highest BCUT2D eigenvalue weighted by Gasteiger charge is 2.24. The third kappa shape index (κ3) is 4.38. The molecule has 1 fully saturated rings. The summed E-state index contributed by atoms with van der Waals surface area (Å²) in [6.45, 7) is 0.569. The van der Waals surface area contributed by atoms with Gasteiger partial charge in [-0.2, -0.15) is 0 Å². The zero-order chi connectivity index (χ0) is 16.1. The summed E-state index contributed by atoms with van der Waals surface area (Å²) < 4.78 is 0. The Kier molecular flexibility index (Phi) is 6.11. The second kappa shape index (κ2) is 7.85. The monoisotopic (exact) mass is 341 g/mol. The number of thioether (sulfide) groups is 1. The Morgan fingerprint density at radius 3 is 2.77 bits per heavy atom. The Labute approximate surface area is 140 Å². The second-order valence-corrected chi connectivity index (χ2v) is 6.74. The molecule has 1 heterocycles. The molecule has 1 aliphatic heterocycles. The van der Waals surface area contributed by atoms with E-state index in [0.717, 1.165) is 5.56 Å². The van der Waals surface area contributed by atoms with Crippen molar-refractivity contribution >= 4 is 35.2 Å². The van der Waals surface area contributed by atoms with Gasteiger partial charge < -0.3 is 15.1 Å². The van der Waals surface area contributed by atoms with Crippen LogP contribution in [-0.2, 0) is 9.59 Å². The molecule has 1 atom stereocenters. The average Bonchev–Trinajstić information content (AvgIpc) is 2.86. The highest BCUT2D eigenvalue weighted by molar-refractivity contribution is 8.00. The van der Waals surface area contributed by atoms with Gasteiger partial charge in [0, 0.05) is 11.6 Å². The van der Waals surface area contributed by atoms with E-state index in [1.165, 1.54) is 11.8 Å². The third-order valence-electron chi connectivity index (χ3n) is 3.54. The van der Waals surface area contributed by atoms with Gasteiger partial charge in [0.1, 0.15) is 6.54 Å². The van der Waals surface area contributed by atoms with E-state index in [2.05, 4.69) is 5.32 Å². The lowest BCUT2D eigenvalue weighted by Crippen LogP contribution is -2.41. The molecule has 0 aromatic heterocycles. The van der Waals surface area contributed by atoms with Crippen molar-refractivity contribution in [2.24, 2.45) is 0 Å². The van der Waals surface area contributed by atoms with Crippen molar-refractivity contribution in [2.45, 2.75) is 6.04 Å². The molecule has 0 bridgehead atoms. The summed E-state index contributed by atoms with van der Waals surface area (Å²) in [6.07, 6.45) is 0. The van der Waals surface area contributed by atoms with Gasteiger partial charge in [0.15, 0.2) is 0 Å². The highest BCUT2D eigenvalue weighted by Crippen LogP contribution is 2.25. The van der Waals surface area contributed by atoms with Crippen molar-refractivity contribution in [3.05, 3.63) is 34.9 Å². The predicted octanol–water partition coefficient (Wildman–Crippen LogP) is 1.59. The molecule has 120 valence electrons. The van der Waals surface area contributed by atoms with E-state index >= 15 is 0 Å². The molecule has 1 saturated heterocycles. The summed E-state index contributed by atoms with van der Waals surface area (Å²) >= 11 is 7.77. The van der Waals surface area contributed by atoms with Gasteiger partial charge in [0.25, 0.3) is 0 Å². The summed E-state index contributed by atoms with van der Waals surface area (Å²) in [4.78, 5) is 27.1. The van der Waals surface area contributed by atoms with Crippen LogP contribution in [0.25, 0.3) is 0 Å². The van der Waals surface area contributed by atoms with Crippen LogP contribution < -0.4 is 5.32 Å². The molecule has 22 heavy (non-hydrogen) atoms. The topological polar surface area (TPSA) is 52.7 Å². The molecule has 5 nitrogen and oxygen atoms in total. The third-order valence-corrected chi connectivity index (χ3v) is 4.83. The Morgan fingerprint density at radius 2 is 2.18 bits per heavy atom. The molecular weight excluding hydrogens is 322 g/mol. The first kappa shape index (κ1) is 17.1. The number of nitrogens with one attached hydrogen (secondary N) is 1. The van der Waals surface area contributed by atoms with E-state index < -0.39 is 0 Å². The molecule has 7 heteroatoms. The maximum atomic E-state index is 12.0.